The first-order valence-corrected chi connectivity index (χ1v) is 11.0. The number of para-hydroxylation sites is 1. The Morgan fingerprint density at radius 3 is 2.00 bits per heavy atom. The molecule has 0 saturated carbocycles. The molecule has 0 bridgehead atoms. The number of carbonyl (C=O) groups is 4. The molecule has 6 rings (SSSR count). The van der Waals surface area contributed by atoms with Crippen molar-refractivity contribution in [2.75, 3.05) is 4.90 Å². The second-order valence-electron chi connectivity index (χ2n) is 8.50. The minimum atomic E-state index is -2.20. The van der Waals surface area contributed by atoms with Gasteiger partial charge in [0.2, 0.25) is 29.0 Å². The van der Waals surface area contributed by atoms with Gasteiger partial charge in [0.25, 0.3) is 0 Å². The predicted molar refractivity (Wildman–Crippen MR) is 119 cm³/mol. The van der Waals surface area contributed by atoms with E-state index in [-0.39, 0.29) is 16.8 Å². The van der Waals surface area contributed by atoms with Gasteiger partial charge in [-0.3, -0.25) is 19.2 Å². The Balaban J connectivity index is 1.56. The first-order chi connectivity index (χ1) is 16.4. The maximum atomic E-state index is 14.6. The lowest BCUT2D eigenvalue weighted by molar-refractivity contribution is -0.127. The largest absolute Gasteiger partial charge is 0.349 e. The number of amides is 2. The van der Waals surface area contributed by atoms with E-state index in [2.05, 4.69) is 0 Å². The van der Waals surface area contributed by atoms with Gasteiger partial charge in [0.15, 0.2) is 0 Å². The van der Waals surface area contributed by atoms with Gasteiger partial charge < -0.3 is 4.74 Å². The standard InChI is InChI=1S/C26H15ClFNO5/c27-14-11-9-13(10-12-14)21-19-20(25(33)29(24(19)32)18-8-4-3-7-17(18)28)26(34-21)22(30)15-5-1-2-6-16(15)23(26)31/h1-12,19-21H/t19-,20+,21+/m1/s1. The van der Waals surface area contributed by atoms with Crippen LogP contribution >= 0.6 is 11.6 Å². The Labute approximate surface area is 197 Å². The zero-order valence-electron chi connectivity index (χ0n) is 17.4. The van der Waals surface area contributed by atoms with E-state index in [1.807, 2.05) is 0 Å². The molecular weight excluding hydrogens is 461 g/mol. The molecule has 168 valence electrons. The van der Waals surface area contributed by atoms with Gasteiger partial charge in [0.05, 0.1) is 23.6 Å². The molecular formula is C26H15ClFNO5. The third-order valence-electron chi connectivity index (χ3n) is 6.81. The summed E-state index contributed by atoms with van der Waals surface area (Å²) in [5.74, 6) is -6.32. The molecule has 2 fully saturated rings. The van der Waals surface area contributed by atoms with Gasteiger partial charge in [-0.05, 0) is 29.8 Å². The van der Waals surface area contributed by atoms with Crippen molar-refractivity contribution in [2.24, 2.45) is 11.8 Å². The Hall–Kier alpha value is -3.68. The number of halogens is 2. The van der Waals surface area contributed by atoms with Gasteiger partial charge in [0.1, 0.15) is 5.82 Å². The van der Waals surface area contributed by atoms with Crippen LogP contribution in [0.1, 0.15) is 32.4 Å². The molecule has 34 heavy (non-hydrogen) atoms. The summed E-state index contributed by atoms with van der Waals surface area (Å²) in [5, 5.41) is 0.440. The molecule has 3 aromatic rings. The molecule has 0 N–H and O–H groups in total. The number of anilines is 1. The van der Waals surface area contributed by atoms with E-state index < -0.39 is 52.7 Å². The van der Waals surface area contributed by atoms with Crippen molar-refractivity contribution in [2.45, 2.75) is 11.7 Å². The van der Waals surface area contributed by atoms with Crippen molar-refractivity contribution in [1.29, 1.82) is 0 Å². The molecule has 6 nitrogen and oxygen atoms in total. The topological polar surface area (TPSA) is 80.8 Å². The van der Waals surface area contributed by atoms with E-state index in [1.165, 1.54) is 30.3 Å². The number of benzene rings is 3. The lowest BCUT2D eigenvalue weighted by atomic mass is 9.77. The van der Waals surface area contributed by atoms with Crippen molar-refractivity contribution in [3.8, 4) is 0 Å². The van der Waals surface area contributed by atoms with E-state index in [9.17, 15) is 23.6 Å². The summed E-state index contributed by atoms with van der Waals surface area (Å²) in [7, 11) is 0. The molecule has 0 aromatic heterocycles. The highest BCUT2D eigenvalue weighted by Gasteiger charge is 2.74. The highest BCUT2D eigenvalue weighted by Crippen LogP contribution is 2.57. The first kappa shape index (κ1) is 20.9. The van der Waals surface area contributed by atoms with Crippen molar-refractivity contribution >= 4 is 40.7 Å². The Bertz CT molecular complexity index is 1380. The number of imide groups is 1. The number of ether oxygens (including phenoxy) is 1. The molecule has 2 heterocycles. The number of hydrogen-bond donors (Lipinski definition) is 0. The van der Waals surface area contributed by atoms with Crippen LogP contribution in [0.2, 0.25) is 5.02 Å². The van der Waals surface area contributed by atoms with Crippen LogP contribution in [0.3, 0.4) is 0 Å². The normalized spacial score (nSPS) is 24.8. The zero-order valence-corrected chi connectivity index (χ0v) is 18.2. The number of rotatable bonds is 2. The third kappa shape index (κ3) is 2.53. The Morgan fingerprint density at radius 1 is 0.794 bits per heavy atom. The van der Waals surface area contributed by atoms with Crippen molar-refractivity contribution in [3.63, 3.8) is 0 Å². The SMILES string of the molecule is O=C1[C@@H]2[C@@H](C(=O)N1c1ccccc1F)C1(O[C@H]2c2ccc(Cl)cc2)C(=O)c2ccccc2C1=O. The fraction of sp³-hybridized carbons (Fsp3) is 0.154. The van der Waals surface area contributed by atoms with Crippen molar-refractivity contribution in [1.82, 2.24) is 0 Å². The predicted octanol–water partition coefficient (Wildman–Crippen LogP) is 4.17. The molecule has 8 heteroatoms. The van der Waals surface area contributed by atoms with Gasteiger partial charge in [-0.2, -0.15) is 0 Å². The average Bonchev–Trinajstić information content (AvgIpc) is 3.40. The lowest BCUT2D eigenvalue weighted by Crippen LogP contribution is -2.51. The van der Waals surface area contributed by atoms with Crippen LogP contribution in [0.4, 0.5) is 10.1 Å². The van der Waals surface area contributed by atoms with E-state index in [1.54, 1.807) is 36.4 Å². The lowest BCUT2D eigenvalue weighted by Gasteiger charge is -2.27. The number of carbonyl (C=O) groups excluding carboxylic acids is 4. The summed E-state index contributed by atoms with van der Waals surface area (Å²) in [5.41, 5.74) is -1.69. The summed E-state index contributed by atoms with van der Waals surface area (Å²) >= 11 is 6.01. The van der Waals surface area contributed by atoms with Crippen LogP contribution in [0.25, 0.3) is 0 Å². The van der Waals surface area contributed by atoms with Crippen LogP contribution in [-0.2, 0) is 14.3 Å². The first-order valence-electron chi connectivity index (χ1n) is 10.6. The number of ketones is 2. The maximum absolute atomic E-state index is 14.6. The smallest absolute Gasteiger partial charge is 0.241 e. The van der Waals surface area contributed by atoms with E-state index in [0.29, 0.717) is 10.6 Å². The number of Topliss-reactive ketones (excluding diaryl/α,β-unsaturated/α-hetero) is 2. The molecule has 3 aromatic carbocycles. The van der Waals surface area contributed by atoms with Crippen LogP contribution in [-0.4, -0.2) is 29.0 Å². The molecule has 1 spiro atoms. The summed E-state index contributed by atoms with van der Waals surface area (Å²) in [6.45, 7) is 0. The molecule has 3 atom stereocenters. The minimum absolute atomic E-state index is 0.132. The van der Waals surface area contributed by atoms with E-state index in [0.717, 1.165) is 11.0 Å². The second-order valence-corrected chi connectivity index (χ2v) is 8.93. The molecule has 3 aliphatic rings. The number of hydrogen-bond acceptors (Lipinski definition) is 5. The van der Waals surface area contributed by atoms with E-state index >= 15 is 0 Å². The fourth-order valence-electron chi connectivity index (χ4n) is 5.34. The monoisotopic (exact) mass is 475 g/mol. The van der Waals surface area contributed by atoms with Crippen LogP contribution < -0.4 is 4.90 Å². The van der Waals surface area contributed by atoms with Gasteiger partial charge in [-0.1, -0.05) is 60.1 Å². The number of nitrogens with zero attached hydrogens (tertiary/aromatic N) is 1. The average molecular weight is 476 g/mol. The zero-order chi connectivity index (χ0) is 23.8. The summed E-state index contributed by atoms with van der Waals surface area (Å²) in [6.07, 6.45) is -1.09. The highest BCUT2D eigenvalue weighted by atomic mass is 35.5. The van der Waals surface area contributed by atoms with Crippen LogP contribution in [0, 0.1) is 17.7 Å². The van der Waals surface area contributed by atoms with Crippen molar-refractivity contribution in [3.05, 3.63) is 100 Å². The Morgan fingerprint density at radius 2 is 1.38 bits per heavy atom. The second kappa shape index (κ2) is 7.16. The quantitative estimate of drug-likeness (QED) is 0.410. The van der Waals surface area contributed by atoms with Crippen LogP contribution in [0.5, 0.6) is 0 Å². The van der Waals surface area contributed by atoms with Crippen LogP contribution in [0.15, 0.2) is 72.8 Å². The minimum Gasteiger partial charge on any atom is -0.349 e. The van der Waals surface area contributed by atoms with Gasteiger partial charge >= 0.3 is 0 Å². The molecule has 0 radical (unpaired) electrons. The fourth-order valence-corrected chi connectivity index (χ4v) is 5.47. The molecule has 1 aliphatic carbocycles. The number of fused-ring (bicyclic) bond motifs is 3. The maximum Gasteiger partial charge on any atom is 0.241 e. The molecule has 0 unspecified atom stereocenters. The molecule has 2 saturated heterocycles. The third-order valence-corrected chi connectivity index (χ3v) is 7.06. The molecule has 2 aliphatic heterocycles. The Kier molecular flexibility index (Phi) is 4.40. The van der Waals surface area contributed by atoms with E-state index in [4.69, 9.17) is 16.3 Å². The van der Waals surface area contributed by atoms with Gasteiger partial charge in [-0.15, -0.1) is 0 Å². The summed E-state index contributed by atoms with van der Waals surface area (Å²) in [6, 6.07) is 18.0. The van der Waals surface area contributed by atoms with Gasteiger partial charge in [0, 0.05) is 16.1 Å². The van der Waals surface area contributed by atoms with Crippen molar-refractivity contribution < 1.29 is 28.3 Å². The summed E-state index contributed by atoms with van der Waals surface area (Å²) < 4.78 is 20.8. The summed E-state index contributed by atoms with van der Waals surface area (Å²) in [4.78, 5) is 55.4. The molecule has 2 amide bonds. The van der Waals surface area contributed by atoms with Gasteiger partial charge in [-0.25, -0.2) is 9.29 Å². The highest BCUT2D eigenvalue weighted by molar-refractivity contribution is 6.37.